The number of nitrogen functional groups attached to an aromatic ring is 1. The van der Waals surface area contributed by atoms with Crippen LogP contribution in [0.4, 0.5) is 5.69 Å². The highest BCUT2D eigenvalue weighted by Crippen LogP contribution is 2.29. The van der Waals surface area contributed by atoms with Crippen LogP contribution in [0.2, 0.25) is 0 Å². The lowest BCUT2D eigenvalue weighted by Crippen LogP contribution is -2.37. The number of carbonyl (C=O) groups is 1. The van der Waals surface area contributed by atoms with Gasteiger partial charge in [0.25, 0.3) is 0 Å². The smallest absolute Gasteiger partial charge is 0.233 e. The van der Waals surface area contributed by atoms with Crippen molar-refractivity contribution in [2.75, 3.05) is 5.73 Å². The van der Waals surface area contributed by atoms with E-state index in [0.29, 0.717) is 0 Å². The van der Waals surface area contributed by atoms with Crippen LogP contribution in [-0.4, -0.2) is 17.2 Å². The first-order valence-electron chi connectivity index (χ1n) is 6.77. The molecule has 1 aromatic rings. The van der Waals surface area contributed by atoms with E-state index in [4.69, 9.17) is 5.73 Å². The highest BCUT2D eigenvalue weighted by Gasteiger charge is 2.17. The van der Waals surface area contributed by atoms with Crippen LogP contribution >= 0.6 is 11.8 Å². The molecule has 1 rings (SSSR count). The lowest BCUT2D eigenvalue weighted by Gasteiger charge is -2.17. The van der Waals surface area contributed by atoms with Crippen molar-refractivity contribution in [1.29, 1.82) is 0 Å². The van der Waals surface area contributed by atoms with E-state index in [-0.39, 0.29) is 17.2 Å². The molecule has 0 aromatic heterocycles. The summed E-state index contributed by atoms with van der Waals surface area (Å²) in [4.78, 5) is 13.0. The Morgan fingerprint density at radius 2 is 2.11 bits per heavy atom. The first kappa shape index (κ1) is 15.9. The van der Waals surface area contributed by atoms with Crippen molar-refractivity contribution < 1.29 is 4.79 Å². The van der Waals surface area contributed by atoms with Gasteiger partial charge in [0.05, 0.1) is 5.25 Å². The van der Waals surface area contributed by atoms with E-state index in [1.807, 2.05) is 39.0 Å². The van der Waals surface area contributed by atoms with Crippen molar-refractivity contribution in [3.8, 4) is 0 Å². The molecule has 19 heavy (non-hydrogen) atoms. The van der Waals surface area contributed by atoms with Gasteiger partial charge in [-0.05, 0) is 44.9 Å². The second kappa shape index (κ2) is 7.43. The van der Waals surface area contributed by atoms with Crippen LogP contribution in [0.15, 0.2) is 23.1 Å². The molecular weight excluding hydrogens is 256 g/mol. The molecule has 1 aromatic carbocycles. The molecule has 0 bridgehead atoms. The number of hydrogen-bond acceptors (Lipinski definition) is 3. The van der Waals surface area contributed by atoms with Gasteiger partial charge in [-0.15, -0.1) is 11.8 Å². The standard InChI is InChI=1S/C15H24N2OS/c1-5-6-11(3)17-15(18)12(4)19-14-9-10(2)7-8-13(14)16/h7-9,11-12H,5-6,16H2,1-4H3,(H,17,18). The maximum atomic E-state index is 12.1. The minimum atomic E-state index is -0.136. The molecule has 3 nitrogen and oxygen atoms in total. The maximum Gasteiger partial charge on any atom is 0.233 e. The van der Waals surface area contributed by atoms with E-state index in [1.54, 1.807) is 0 Å². The fourth-order valence-electron chi connectivity index (χ4n) is 1.85. The van der Waals surface area contributed by atoms with Crippen molar-refractivity contribution in [3.05, 3.63) is 23.8 Å². The number of hydrogen-bond donors (Lipinski definition) is 2. The van der Waals surface area contributed by atoms with E-state index < -0.39 is 0 Å². The Bertz CT molecular complexity index is 434. The predicted molar refractivity (Wildman–Crippen MR) is 83.4 cm³/mol. The van der Waals surface area contributed by atoms with Gasteiger partial charge >= 0.3 is 0 Å². The molecule has 1 amide bonds. The summed E-state index contributed by atoms with van der Waals surface area (Å²) < 4.78 is 0. The minimum Gasteiger partial charge on any atom is -0.398 e. The van der Waals surface area contributed by atoms with E-state index in [2.05, 4.69) is 12.2 Å². The summed E-state index contributed by atoms with van der Waals surface area (Å²) in [5.41, 5.74) is 7.82. The van der Waals surface area contributed by atoms with Crippen molar-refractivity contribution in [2.24, 2.45) is 0 Å². The summed E-state index contributed by atoms with van der Waals surface area (Å²) in [6.07, 6.45) is 2.09. The number of thioether (sulfide) groups is 1. The molecule has 4 heteroatoms. The summed E-state index contributed by atoms with van der Waals surface area (Å²) in [6.45, 7) is 8.10. The van der Waals surface area contributed by atoms with Crippen LogP contribution in [0.3, 0.4) is 0 Å². The summed E-state index contributed by atoms with van der Waals surface area (Å²) in [5.74, 6) is 0.0758. The molecule has 106 valence electrons. The Morgan fingerprint density at radius 1 is 1.42 bits per heavy atom. The van der Waals surface area contributed by atoms with Crippen LogP contribution < -0.4 is 11.1 Å². The number of amides is 1. The third kappa shape index (κ3) is 5.15. The molecule has 2 unspecified atom stereocenters. The van der Waals surface area contributed by atoms with Crippen LogP contribution in [0.1, 0.15) is 39.2 Å². The topological polar surface area (TPSA) is 55.1 Å². The Hall–Kier alpha value is -1.16. The van der Waals surface area contributed by atoms with Crippen molar-refractivity contribution in [2.45, 2.75) is 56.7 Å². The van der Waals surface area contributed by atoms with Gasteiger partial charge < -0.3 is 11.1 Å². The van der Waals surface area contributed by atoms with Gasteiger partial charge in [-0.2, -0.15) is 0 Å². The number of nitrogens with two attached hydrogens (primary N) is 1. The molecule has 0 radical (unpaired) electrons. The number of anilines is 1. The fraction of sp³-hybridized carbons (Fsp3) is 0.533. The molecule has 0 aliphatic heterocycles. The van der Waals surface area contributed by atoms with Gasteiger partial charge in [-0.3, -0.25) is 4.79 Å². The highest BCUT2D eigenvalue weighted by atomic mass is 32.2. The Balaban J connectivity index is 2.61. The minimum absolute atomic E-state index is 0.0758. The zero-order chi connectivity index (χ0) is 14.4. The molecule has 3 N–H and O–H groups in total. The highest BCUT2D eigenvalue weighted by molar-refractivity contribution is 8.00. The van der Waals surface area contributed by atoms with Crippen molar-refractivity contribution in [1.82, 2.24) is 5.32 Å². The van der Waals surface area contributed by atoms with Crippen LogP contribution in [-0.2, 0) is 4.79 Å². The van der Waals surface area contributed by atoms with E-state index >= 15 is 0 Å². The molecule has 0 saturated carbocycles. The SMILES string of the molecule is CCCC(C)NC(=O)C(C)Sc1cc(C)ccc1N. The maximum absolute atomic E-state index is 12.1. The largest absolute Gasteiger partial charge is 0.398 e. The number of carbonyl (C=O) groups excluding carboxylic acids is 1. The van der Waals surface area contributed by atoms with Gasteiger partial charge in [-0.1, -0.05) is 19.4 Å². The first-order valence-corrected chi connectivity index (χ1v) is 7.65. The van der Waals surface area contributed by atoms with Gasteiger partial charge in [0.2, 0.25) is 5.91 Å². The Morgan fingerprint density at radius 3 is 2.74 bits per heavy atom. The summed E-state index contributed by atoms with van der Waals surface area (Å²) in [6, 6.07) is 6.13. The molecule has 0 spiro atoms. The second-order valence-electron chi connectivity index (χ2n) is 5.00. The number of nitrogens with one attached hydrogen (secondary N) is 1. The zero-order valence-electron chi connectivity index (χ0n) is 12.2. The first-order chi connectivity index (χ1) is 8.93. The second-order valence-corrected chi connectivity index (χ2v) is 6.38. The summed E-state index contributed by atoms with van der Waals surface area (Å²) in [5, 5.41) is 2.90. The van der Waals surface area contributed by atoms with E-state index in [0.717, 1.165) is 29.0 Å². The third-order valence-electron chi connectivity index (χ3n) is 2.95. The third-order valence-corrected chi connectivity index (χ3v) is 4.13. The average molecular weight is 280 g/mol. The molecule has 0 heterocycles. The van der Waals surface area contributed by atoms with Crippen molar-refractivity contribution >= 4 is 23.4 Å². The normalized spacial score (nSPS) is 13.9. The lowest BCUT2D eigenvalue weighted by molar-refractivity contribution is -0.120. The van der Waals surface area contributed by atoms with Crippen LogP contribution in [0.25, 0.3) is 0 Å². The molecule has 0 saturated heterocycles. The van der Waals surface area contributed by atoms with E-state index in [1.165, 1.54) is 11.8 Å². The molecular formula is C15H24N2OS. The van der Waals surface area contributed by atoms with Crippen molar-refractivity contribution in [3.63, 3.8) is 0 Å². The molecule has 2 atom stereocenters. The number of benzene rings is 1. The van der Waals surface area contributed by atoms with Gasteiger partial charge in [0.1, 0.15) is 0 Å². The number of rotatable bonds is 6. The van der Waals surface area contributed by atoms with Gasteiger partial charge in [-0.25, -0.2) is 0 Å². The van der Waals surface area contributed by atoms with E-state index in [9.17, 15) is 4.79 Å². The Labute approximate surface area is 120 Å². The average Bonchev–Trinajstić information content (AvgIpc) is 2.34. The molecule has 0 aliphatic carbocycles. The zero-order valence-corrected chi connectivity index (χ0v) is 13.0. The fourth-order valence-corrected chi connectivity index (χ4v) is 2.87. The summed E-state index contributed by atoms with van der Waals surface area (Å²) in [7, 11) is 0. The monoisotopic (exact) mass is 280 g/mol. The van der Waals surface area contributed by atoms with Crippen LogP contribution in [0, 0.1) is 6.92 Å². The predicted octanol–water partition coefficient (Wildman–Crippen LogP) is 3.36. The lowest BCUT2D eigenvalue weighted by atomic mass is 10.2. The molecule has 0 fully saturated rings. The van der Waals surface area contributed by atoms with Crippen LogP contribution in [0.5, 0.6) is 0 Å². The summed E-state index contributed by atoms with van der Waals surface area (Å²) >= 11 is 1.52. The van der Waals surface area contributed by atoms with Gasteiger partial charge in [0.15, 0.2) is 0 Å². The molecule has 0 aliphatic rings. The van der Waals surface area contributed by atoms with Gasteiger partial charge in [0, 0.05) is 16.6 Å². The quantitative estimate of drug-likeness (QED) is 0.620. The number of aryl methyl sites for hydroxylation is 1. The Kier molecular flexibility index (Phi) is 6.22.